The summed E-state index contributed by atoms with van der Waals surface area (Å²) in [6.45, 7) is 0.718. The maximum absolute atomic E-state index is 5.58. The van der Waals surface area contributed by atoms with Gasteiger partial charge in [-0.05, 0) is 40.2 Å². The average Bonchev–Trinajstić information content (AvgIpc) is 2.78. The van der Waals surface area contributed by atoms with Gasteiger partial charge in [-0.15, -0.1) is 0 Å². The van der Waals surface area contributed by atoms with Crippen LogP contribution in [0, 0.1) is 0 Å². The summed E-state index contributed by atoms with van der Waals surface area (Å²) in [6.07, 6.45) is 3.37. The summed E-state index contributed by atoms with van der Waals surface area (Å²) in [7, 11) is 0. The fourth-order valence-electron chi connectivity index (χ4n) is 1.42. The predicted molar refractivity (Wildman–Crippen MR) is 76.1 cm³/mol. The van der Waals surface area contributed by atoms with E-state index in [-0.39, 0.29) is 0 Å². The first-order valence-electron chi connectivity index (χ1n) is 5.01. The van der Waals surface area contributed by atoms with Gasteiger partial charge in [0.15, 0.2) is 0 Å². The number of rotatable bonds is 4. The Labute approximate surface area is 113 Å². The molecule has 0 aliphatic carbocycles. The molecule has 88 valence electrons. The largest absolute Gasteiger partial charge is 0.472 e. The molecule has 1 aromatic heterocycles. The maximum Gasteiger partial charge on any atom is 0.105 e. The summed E-state index contributed by atoms with van der Waals surface area (Å²) >= 11 is 8.38. The van der Waals surface area contributed by atoms with Gasteiger partial charge in [-0.2, -0.15) is 0 Å². The third-order valence-corrected chi connectivity index (χ3v) is 3.19. The fourth-order valence-corrected chi connectivity index (χ4v) is 2.32. The normalized spacial score (nSPS) is 10.2. The lowest BCUT2D eigenvalue weighted by Crippen LogP contribution is -2.10. The van der Waals surface area contributed by atoms with E-state index in [1.807, 2.05) is 24.3 Å². The van der Waals surface area contributed by atoms with Crippen LogP contribution in [0.4, 0.5) is 5.69 Å². The van der Waals surface area contributed by atoms with Crippen molar-refractivity contribution in [2.45, 2.75) is 6.54 Å². The van der Waals surface area contributed by atoms with E-state index >= 15 is 0 Å². The molecule has 0 aliphatic heterocycles. The molecule has 0 spiro atoms. The highest BCUT2D eigenvalue weighted by Crippen LogP contribution is 2.22. The molecule has 1 aromatic carbocycles. The van der Waals surface area contributed by atoms with E-state index in [9.17, 15) is 0 Å². The van der Waals surface area contributed by atoms with Gasteiger partial charge in [-0.1, -0.05) is 12.2 Å². The van der Waals surface area contributed by atoms with Gasteiger partial charge in [-0.3, -0.25) is 0 Å². The first-order chi connectivity index (χ1) is 8.16. The molecule has 3 nitrogen and oxygen atoms in total. The van der Waals surface area contributed by atoms with Crippen LogP contribution in [0.3, 0.4) is 0 Å². The van der Waals surface area contributed by atoms with Crippen LogP contribution in [0.5, 0.6) is 0 Å². The Bertz CT molecular complexity index is 525. The summed E-state index contributed by atoms with van der Waals surface area (Å²) in [5.74, 6) is 0. The molecule has 2 aromatic rings. The Morgan fingerprint density at radius 1 is 1.41 bits per heavy atom. The predicted octanol–water partition coefficient (Wildman–Crippen LogP) is 3.29. The molecule has 0 aliphatic rings. The monoisotopic (exact) mass is 310 g/mol. The second kappa shape index (κ2) is 5.33. The minimum Gasteiger partial charge on any atom is -0.472 e. The summed E-state index contributed by atoms with van der Waals surface area (Å²) in [4.78, 5) is 0.387. The van der Waals surface area contributed by atoms with Gasteiger partial charge in [0.25, 0.3) is 0 Å². The van der Waals surface area contributed by atoms with Crippen molar-refractivity contribution in [3.05, 3.63) is 52.4 Å². The molecule has 0 radical (unpaired) electrons. The lowest BCUT2D eigenvalue weighted by Gasteiger charge is -2.08. The molecule has 2 rings (SSSR count). The van der Waals surface area contributed by atoms with Crippen LogP contribution in [0.25, 0.3) is 0 Å². The number of hydrogen-bond acceptors (Lipinski definition) is 3. The summed E-state index contributed by atoms with van der Waals surface area (Å²) < 4.78 is 5.89. The van der Waals surface area contributed by atoms with Crippen LogP contribution in [0.1, 0.15) is 11.1 Å². The van der Waals surface area contributed by atoms with Crippen molar-refractivity contribution in [3.63, 3.8) is 0 Å². The number of thiocarbonyl (C=S) groups is 1. The molecular formula is C12H11BrN2OS. The number of halogens is 1. The number of nitrogens with two attached hydrogens (primary N) is 1. The van der Waals surface area contributed by atoms with Gasteiger partial charge in [0.2, 0.25) is 0 Å². The Hall–Kier alpha value is -1.33. The zero-order valence-corrected chi connectivity index (χ0v) is 11.3. The molecule has 0 fully saturated rings. The third-order valence-electron chi connectivity index (χ3n) is 2.31. The number of benzene rings is 1. The first-order valence-corrected chi connectivity index (χ1v) is 6.21. The van der Waals surface area contributed by atoms with E-state index in [0.29, 0.717) is 4.99 Å². The van der Waals surface area contributed by atoms with Crippen molar-refractivity contribution in [2.24, 2.45) is 5.73 Å². The zero-order chi connectivity index (χ0) is 12.3. The molecule has 3 N–H and O–H groups in total. The van der Waals surface area contributed by atoms with Crippen molar-refractivity contribution >= 4 is 38.8 Å². The van der Waals surface area contributed by atoms with Crippen molar-refractivity contribution in [1.82, 2.24) is 0 Å². The molecule has 1 heterocycles. The molecule has 0 amide bonds. The Kier molecular flexibility index (Phi) is 3.81. The second-order valence-electron chi connectivity index (χ2n) is 3.54. The minimum absolute atomic E-state index is 0.387. The van der Waals surface area contributed by atoms with E-state index in [0.717, 1.165) is 27.8 Å². The molecule has 5 heteroatoms. The number of furan rings is 1. The summed E-state index contributed by atoms with van der Waals surface area (Å²) in [6, 6.07) is 7.71. The van der Waals surface area contributed by atoms with Crippen LogP contribution in [0.2, 0.25) is 0 Å². The molecule has 0 bridgehead atoms. The highest BCUT2D eigenvalue weighted by molar-refractivity contribution is 9.10. The minimum atomic E-state index is 0.387. The van der Waals surface area contributed by atoms with Gasteiger partial charge in [0.1, 0.15) is 4.99 Å². The Morgan fingerprint density at radius 2 is 2.24 bits per heavy atom. The maximum atomic E-state index is 5.58. The quantitative estimate of drug-likeness (QED) is 0.851. The van der Waals surface area contributed by atoms with Gasteiger partial charge in [0.05, 0.1) is 12.5 Å². The van der Waals surface area contributed by atoms with Crippen molar-refractivity contribution in [3.8, 4) is 0 Å². The number of nitrogens with one attached hydrogen (secondary N) is 1. The molecule has 0 atom stereocenters. The number of hydrogen-bond donors (Lipinski definition) is 2. The van der Waals surface area contributed by atoms with Crippen molar-refractivity contribution < 1.29 is 4.42 Å². The third kappa shape index (κ3) is 3.08. The first kappa shape index (κ1) is 12.1. The standard InChI is InChI=1S/C12H11BrN2OS/c13-11-5-9(1-2-10(11)12(14)17)15-6-8-3-4-16-7-8/h1-5,7,15H,6H2,(H2,14,17). The van der Waals surface area contributed by atoms with E-state index in [4.69, 9.17) is 22.4 Å². The SMILES string of the molecule is NC(=S)c1ccc(NCc2ccoc2)cc1Br. The van der Waals surface area contributed by atoms with Crippen LogP contribution in [-0.4, -0.2) is 4.99 Å². The van der Waals surface area contributed by atoms with Crippen LogP contribution in [-0.2, 0) is 6.54 Å². The van der Waals surface area contributed by atoms with Gasteiger partial charge in [0, 0.05) is 27.8 Å². The molecule has 0 unspecified atom stereocenters. The van der Waals surface area contributed by atoms with E-state index in [2.05, 4.69) is 21.2 Å². The summed E-state index contributed by atoms with van der Waals surface area (Å²) in [5, 5.41) is 3.28. The highest BCUT2D eigenvalue weighted by atomic mass is 79.9. The fraction of sp³-hybridized carbons (Fsp3) is 0.0833. The molecular weight excluding hydrogens is 300 g/mol. The number of anilines is 1. The van der Waals surface area contributed by atoms with Gasteiger partial charge < -0.3 is 15.5 Å². The highest BCUT2D eigenvalue weighted by Gasteiger charge is 2.03. The molecule has 0 saturated heterocycles. The molecule has 17 heavy (non-hydrogen) atoms. The average molecular weight is 311 g/mol. The van der Waals surface area contributed by atoms with Crippen LogP contribution in [0.15, 0.2) is 45.7 Å². The Balaban J connectivity index is 2.07. The van der Waals surface area contributed by atoms with Crippen molar-refractivity contribution in [2.75, 3.05) is 5.32 Å². The van der Waals surface area contributed by atoms with Crippen LogP contribution >= 0.6 is 28.1 Å². The van der Waals surface area contributed by atoms with E-state index < -0.39 is 0 Å². The molecule has 0 saturated carbocycles. The Morgan fingerprint density at radius 3 is 2.82 bits per heavy atom. The van der Waals surface area contributed by atoms with E-state index in [1.165, 1.54) is 0 Å². The van der Waals surface area contributed by atoms with Crippen molar-refractivity contribution in [1.29, 1.82) is 0 Å². The van der Waals surface area contributed by atoms with Gasteiger partial charge in [-0.25, -0.2) is 0 Å². The second-order valence-corrected chi connectivity index (χ2v) is 4.84. The van der Waals surface area contributed by atoms with Crippen LogP contribution < -0.4 is 11.1 Å². The smallest absolute Gasteiger partial charge is 0.105 e. The topological polar surface area (TPSA) is 51.2 Å². The lowest BCUT2D eigenvalue weighted by molar-refractivity contribution is 0.564. The van der Waals surface area contributed by atoms with E-state index in [1.54, 1.807) is 12.5 Å². The zero-order valence-electron chi connectivity index (χ0n) is 8.94. The van der Waals surface area contributed by atoms with Gasteiger partial charge >= 0.3 is 0 Å². The summed E-state index contributed by atoms with van der Waals surface area (Å²) in [5.41, 5.74) is 8.52. The lowest BCUT2D eigenvalue weighted by atomic mass is 10.2.